The summed E-state index contributed by atoms with van der Waals surface area (Å²) in [5.41, 5.74) is 5.03. The van der Waals surface area contributed by atoms with E-state index in [1.165, 1.54) is 45.8 Å². The number of hydrogen-bond acceptors (Lipinski definition) is 21. The number of H-pyrrole nitrogens is 2. The molecule has 0 fully saturated rings. The zero-order valence-electron chi connectivity index (χ0n) is 55.0. The summed E-state index contributed by atoms with van der Waals surface area (Å²) in [5.74, 6) is 1.03. The number of nitrogens with zero attached hydrogens (tertiary/aromatic N) is 10. The smallest absolute Gasteiger partial charge is 0.335 e. The Kier molecular flexibility index (Phi) is 20.0. The van der Waals surface area contributed by atoms with Crippen LogP contribution in [-0.2, 0) is 42.4 Å². The van der Waals surface area contributed by atoms with E-state index < -0.39 is 82.0 Å². The Hall–Kier alpha value is -10.5. The first kappa shape index (κ1) is 69.4. The summed E-state index contributed by atoms with van der Waals surface area (Å²) in [6.07, 6.45) is 13.4. The van der Waals surface area contributed by atoms with Crippen LogP contribution in [0.15, 0.2) is 171 Å². The predicted molar refractivity (Wildman–Crippen MR) is 380 cm³/mol. The van der Waals surface area contributed by atoms with Crippen molar-refractivity contribution in [2.24, 2.45) is 0 Å². The molecule has 31 heteroatoms. The van der Waals surface area contributed by atoms with Gasteiger partial charge in [0, 0.05) is 95.6 Å². The highest BCUT2D eigenvalue weighted by Crippen LogP contribution is 2.38. The SMILES string of the molecule is CCOc1cc([C@H](CS(C)(=O)=O)n2c(=O)[nH]c3cc(-c4nccc(CCOc5cc([C@H](CS(C)(=O)=O)n6c(=O)[nH]c7cc(-c8cncc(CCOc9cc([C@H](CS(C)(=O)=O)n%10c(=O)n(-c%11ccccc%11)c%11cc(Br)cnc%11%10)ccc9OC)c8)cnc76)ccc5OC)n4)cnc32)ccc1OC. The molecule has 0 saturated heterocycles. The lowest BCUT2D eigenvalue weighted by molar-refractivity contribution is 0.296. The van der Waals surface area contributed by atoms with Gasteiger partial charge in [0.25, 0.3) is 0 Å². The number of methoxy groups -OCH3 is 3. The van der Waals surface area contributed by atoms with Crippen LogP contribution in [0.1, 0.15) is 53.0 Å². The molecule has 0 radical (unpaired) electrons. The molecule has 0 unspecified atom stereocenters. The van der Waals surface area contributed by atoms with Gasteiger partial charge in [-0.15, -0.1) is 0 Å². The number of aromatic nitrogens is 12. The number of rotatable bonds is 28. The number of ether oxygens (including phenoxy) is 6. The van der Waals surface area contributed by atoms with Crippen molar-refractivity contribution in [1.29, 1.82) is 0 Å². The lowest BCUT2D eigenvalue weighted by atomic mass is 10.1. The molecular weight excluding hydrogens is 1410 g/mol. The Morgan fingerprint density at radius 2 is 0.990 bits per heavy atom. The number of fused-ring (bicyclic) bond motifs is 3. The number of para-hydroxylation sites is 1. The Morgan fingerprint density at radius 1 is 0.500 bits per heavy atom. The zero-order chi connectivity index (χ0) is 70.8. The molecule has 8 aromatic heterocycles. The molecule has 2 N–H and O–H groups in total. The van der Waals surface area contributed by atoms with E-state index in [1.54, 1.807) is 141 Å². The lowest BCUT2D eigenvalue weighted by Crippen LogP contribution is -2.31. The Morgan fingerprint density at radius 3 is 1.52 bits per heavy atom. The first-order chi connectivity index (χ1) is 47.9. The monoisotopic (exact) mass is 1480 g/mol. The first-order valence-corrected chi connectivity index (χ1v) is 38.1. The Labute approximate surface area is 581 Å². The van der Waals surface area contributed by atoms with Gasteiger partial charge in [0.15, 0.2) is 57.3 Å². The summed E-state index contributed by atoms with van der Waals surface area (Å²) in [6.45, 7) is 2.30. The molecule has 12 aromatic rings. The minimum atomic E-state index is -3.77. The Balaban J connectivity index is 0.752. The van der Waals surface area contributed by atoms with Crippen molar-refractivity contribution in [3.63, 3.8) is 0 Å². The van der Waals surface area contributed by atoms with Crippen LogP contribution in [0.3, 0.4) is 0 Å². The summed E-state index contributed by atoms with van der Waals surface area (Å²) >= 11 is 3.48. The fourth-order valence-corrected chi connectivity index (χ4v) is 15.1. The molecule has 3 atom stereocenters. The summed E-state index contributed by atoms with van der Waals surface area (Å²) in [5, 5.41) is 0. The number of nitrogens with one attached hydrogen (secondary N) is 2. The van der Waals surface area contributed by atoms with Crippen LogP contribution in [0.25, 0.3) is 61.7 Å². The second-order valence-electron chi connectivity index (χ2n) is 23.7. The Bertz CT molecular complexity index is 5640. The van der Waals surface area contributed by atoms with Gasteiger partial charge in [-0.25, -0.2) is 64.6 Å². The van der Waals surface area contributed by atoms with Gasteiger partial charge in [-0.3, -0.25) is 23.3 Å². The van der Waals surface area contributed by atoms with E-state index in [2.05, 4.69) is 45.8 Å². The fraction of sp³-hybridized carbons (Fsp3) is 0.261. The molecule has 27 nitrogen and oxygen atoms in total. The molecule has 100 heavy (non-hydrogen) atoms. The maximum Gasteiger partial charge on any atom is 0.335 e. The normalized spacial score (nSPS) is 13.0. The van der Waals surface area contributed by atoms with Crippen LogP contribution in [-0.4, -0.2) is 161 Å². The van der Waals surface area contributed by atoms with E-state index in [-0.39, 0.29) is 48.2 Å². The van der Waals surface area contributed by atoms with Gasteiger partial charge >= 0.3 is 17.1 Å². The van der Waals surface area contributed by atoms with Crippen molar-refractivity contribution in [2.75, 3.05) is 77.2 Å². The van der Waals surface area contributed by atoms with Gasteiger partial charge in [0.05, 0.1) is 98.8 Å². The van der Waals surface area contributed by atoms with Crippen LogP contribution < -0.4 is 45.5 Å². The molecule has 0 aliphatic rings. The number of hydrogen-bond donors (Lipinski definition) is 2. The fourth-order valence-electron chi connectivity index (χ4n) is 12.1. The minimum absolute atomic E-state index is 0.0581. The second-order valence-corrected chi connectivity index (χ2v) is 31.2. The van der Waals surface area contributed by atoms with Gasteiger partial charge in [-0.1, -0.05) is 36.4 Å². The first-order valence-electron chi connectivity index (χ1n) is 31.1. The third-order valence-electron chi connectivity index (χ3n) is 16.5. The van der Waals surface area contributed by atoms with Gasteiger partial charge in [-0.2, -0.15) is 0 Å². The number of pyridine rings is 4. The maximum atomic E-state index is 14.5. The number of halogens is 1. The van der Waals surface area contributed by atoms with E-state index >= 15 is 0 Å². The van der Waals surface area contributed by atoms with Gasteiger partial charge in [-0.05, 0) is 124 Å². The number of benzene rings is 4. The average Bonchev–Trinajstić information content (AvgIpc) is 1.60. The highest BCUT2D eigenvalue weighted by atomic mass is 79.9. The van der Waals surface area contributed by atoms with Gasteiger partial charge < -0.3 is 38.4 Å². The summed E-state index contributed by atoms with van der Waals surface area (Å²) in [4.78, 5) is 75.8. The number of imidazole rings is 3. The molecule has 518 valence electrons. The molecule has 4 aromatic carbocycles. The van der Waals surface area contributed by atoms with Crippen molar-refractivity contribution >= 4 is 78.9 Å². The van der Waals surface area contributed by atoms with Crippen molar-refractivity contribution < 1.29 is 53.7 Å². The van der Waals surface area contributed by atoms with E-state index in [9.17, 15) is 39.6 Å². The van der Waals surface area contributed by atoms with E-state index in [1.807, 2.05) is 12.1 Å². The molecule has 0 aliphatic heterocycles. The highest BCUT2D eigenvalue weighted by molar-refractivity contribution is 9.10. The molecule has 0 bridgehead atoms. The van der Waals surface area contributed by atoms with Crippen molar-refractivity contribution in [3.8, 4) is 62.7 Å². The standard InChI is InChI=1S/C69H67BrN12O15S3/c1-8-95-60-29-42(14-17-57(60)92-2)54(38-98(5,86)87)81-65-52(78-68(81)84)28-47(36-74-65)63-72-23-20-49(76-63)22-25-97-62-30-43(15-18-59(62)94-4)55(39-99(6,88)89)80-64-51(77-67(80)83)27-46(35-73-64)45-26-41(33-71-34-45)21-24-96-61-31-44(16-19-58(61)93-3)56(40-100(7,90)91)82-66-53(32-48(70)37-75-66)79(69(82)85)50-12-10-9-11-13-50/h9-20,23,26-37,54-56H,8,21-22,24-25,38-40H2,1-7H3,(H,77,83)(H,78,84)/t54-,55-,56-/m0/s1. The predicted octanol–water partition coefficient (Wildman–Crippen LogP) is 8.11. The van der Waals surface area contributed by atoms with Gasteiger partial charge in [0.2, 0.25) is 0 Å². The maximum absolute atomic E-state index is 14.5. The van der Waals surface area contributed by atoms with E-state index in [0.717, 1.165) is 24.3 Å². The number of aromatic amines is 2. The zero-order valence-corrected chi connectivity index (χ0v) is 59.1. The third-order valence-corrected chi connectivity index (χ3v) is 19.7. The highest BCUT2D eigenvalue weighted by Gasteiger charge is 2.31. The largest absolute Gasteiger partial charge is 0.493 e. The topological polar surface area (TPSA) is 338 Å². The van der Waals surface area contributed by atoms with Crippen LogP contribution in [0.2, 0.25) is 0 Å². The molecule has 12 rings (SSSR count). The quantitative estimate of drug-likeness (QED) is 0.0467. The molecule has 8 heterocycles. The third kappa shape index (κ3) is 15.2. The molecule has 0 saturated carbocycles. The van der Waals surface area contributed by atoms with Crippen LogP contribution in [0.5, 0.6) is 34.5 Å². The van der Waals surface area contributed by atoms with E-state index in [4.69, 9.17) is 38.4 Å². The molecule has 0 amide bonds. The lowest BCUT2D eigenvalue weighted by Gasteiger charge is -2.20. The van der Waals surface area contributed by atoms with Gasteiger partial charge in [0.1, 0.15) is 29.5 Å². The molecule has 0 spiro atoms. The summed E-state index contributed by atoms with van der Waals surface area (Å²) in [7, 11) is -6.67. The minimum Gasteiger partial charge on any atom is -0.493 e. The van der Waals surface area contributed by atoms with Crippen molar-refractivity contribution in [3.05, 3.63) is 216 Å². The average molecular weight is 1480 g/mol. The van der Waals surface area contributed by atoms with Crippen molar-refractivity contribution in [2.45, 2.75) is 37.9 Å². The van der Waals surface area contributed by atoms with Crippen molar-refractivity contribution in [1.82, 2.24) is 58.1 Å². The summed E-state index contributed by atoms with van der Waals surface area (Å²) < 4.78 is 120. The number of sulfone groups is 3. The van der Waals surface area contributed by atoms with Crippen LogP contribution in [0, 0.1) is 0 Å². The molecular formula is C69H67BrN12O15S3. The van der Waals surface area contributed by atoms with Crippen LogP contribution in [0.4, 0.5) is 0 Å². The summed E-state index contributed by atoms with van der Waals surface area (Å²) in [6, 6.07) is 29.6. The second kappa shape index (κ2) is 28.8. The molecule has 0 aliphatic carbocycles. The van der Waals surface area contributed by atoms with Crippen LogP contribution >= 0.6 is 15.9 Å². The van der Waals surface area contributed by atoms with E-state index in [0.29, 0.717) is 108 Å².